The summed E-state index contributed by atoms with van der Waals surface area (Å²) in [6.07, 6.45) is 0. The molecule has 0 aromatic heterocycles. The highest BCUT2D eigenvalue weighted by molar-refractivity contribution is 5.70. The van der Waals surface area contributed by atoms with Crippen molar-refractivity contribution in [3.63, 3.8) is 0 Å². The summed E-state index contributed by atoms with van der Waals surface area (Å²) in [5, 5.41) is 19.3. The molecule has 0 atom stereocenters. The molecule has 2 N–H and O–H groups in total. The van der Waals surface area contributed by atoms with E-state index in [9.17, 15) is 10.2 Å². The molecule has 100 valence electrons. The Bertz CT molecular complexity index is 571. The van der Waals surface area contributed by atoms with E-state index in [1.807, 2.05) is 12.1 Å². The quantitative estimate of drug-likeness (QED) is 0.821. The molecule has 0 fully saturated rings. The van der Waals surface area contributed by atoms with Crippen LogP contribution in [0.2, 0.25) is 0 Å². The Balaban J connectivity index is 2.44. The lowest BCUT2D eigenvalue weighted by Crippen LogP contribution is -1.88. The van der Waals surface area contributed by atoms with Crippen molar-refractivity contribution in [2.45, 2.75) is 19.8 Å². The van der Waals surface area contributed by atoms with Gasteiger partial charge in [-0.05, 0) is 34.7 Å². The van der Waals surface area contributed by atoms with Crippen LogP contribution in [0.25, 0.3) is 11.1 Å². The van der Waals surface area contributed by atoms with Crippen molar-refractivity contribution >= 4 is 0 Å². The highest BCUT2D eigenvalue weighted by Gasteiger charge is 2.11. The zero-order valence-electron chi connectivity index (χ0n) is 11.3. The summed E-state index contributed by atoms with van der Waals surface area (Å²) in [5.74, 6) is 0.340. The minimum absolute atomic E-state index is 0.178. The Morgan fingerprint density at radius 2 is 1.58 bits per heavy atom. The Hall–Kier alpha value is -2.16. The Morgan fingerprint density at radius 3 is 2.11 bits per heavy atom. The van der Waals surface area contributed by atoms with Crippen molar-refractivity contribution < 1.29 is 14.9 Å². The van der Waals surface area contributed by atoms with Crippen molar-refractivity contribution in [1.29, 1.82) is 0 Å². The third-order valence-electron chi connectivity index (χ3n) is 3.19. The van der Waals surface area contributed by atoms with E-state index in [0.717, 1.165) is 11.1 Å². The fourth-order valence-electron chi connectivity index (χ4n) is 1.98. The first-order chi connectivity index (χ1) is 9.02. The van der Waals surface area contributed by atoms with Crippen LogP contribution in [0, 0.1) is 0 Å². The fourth-order valence-corrected chi connectivity index (χ4v) is 1.98. The van der Waals surface area contributed by atoms with E-state index < -0.39 is 0 Å². The average molecular weight is 258 g/mol. The van der Waals surface area contributed by atoms with E-state index >= 15 is 0 Å². The van der Waals surface area contributed by atoms with Gasteiger partial charge in [0, 0.05) is 0 Å². The number of ether oxygens (including phenoxy) is 1. The molecule has 3 heteroatoms. The topological polar surface area (TPSA) is 49.7 Å². The van der Waals surface area contributed by atoms with Gasteiger partial charge < -0.3 is 14.9 Å². The van der Waals surface area contributed by atoms with Crippen molar-refractivity contribution in [3.05, 3.63) is 42.0 Å². The van der Waals surface area contributed by atoms with Gasteiger partial charge in [-0.3, -0.25) is 0 Å². The van der Waals surface area contributed by atoms with Gasteiger partial charge in [-0.1, -0.05) is 38.1 Å². The molecule has 0 aliphatic rings. The summed E-state index contributed by atoms with van der Waals surface area (Å²) in [4.78, 5) is 0. The van der Waals surface area contributed by atoms with E-state index in [-0.39, 0.29) is 17.2 Å². The average Bonchev–Trinajstić information content (AvgIpc) is 2.41. The van der Waals surface area contributed by atoms with Crippen LogP contribution in [0.5, 0.6) is 17.2 Å². The van der Waals surface area contributed by atoms with Crippen LogP contribution in [0.4, 0.5) is 0 Å². The second kappa shape index (κ2) is 5.22. The molecular weight excluding hydrogens is 240 g/mol. The molecule has 3 nitrogen and oxygen atoms in total. The van der Waals surface area contributed by atoms with Crippen LogP contribution in [-0.2, 0) is 0 Å². The predicted octanol–water partition coefficient (Wildman–Crippen LogP) is 3.90. The summed E-state index contributed by atoms with van der Waals surface area (Å²) in [5.41, 5.74) is 3.04. The summed E-state index contributed by atoms with van der Waals surface area (Å²) in [6.45, 7) is 4.29. The zero-order valence-corrected chi connectivity index (χ0v) is 11.3. The Morgan fingerprint density at radius 1 is 0.947 bits per heavy atom. The normalized spacial score (nSPS) is 10.7. The summed E-state index contributed by atoms with van der Waals surface area (Å²) in [7, 11) is 1.46. The van der Waals surface area contributed by atoms with Gasteiger partial charge in [-0.25, -0.2) is 0 Å². The first-order valence-electron chi connectivity index (χ1n) is 6.23. The predicted molar refractivity (Wildman–Crippen MR) is 75.8 cm³/mol. The number of methoxy groups -OCH3 is 1. The van der Waals surface area contributed by atoms with Gasteiger partial charge in [0.05, 0.1) is 7.11 Å². The molecule has 0 heterocycles. The zero-order chi connectivity index (χ0) is 14.0. The lowest BCUT2D eigenvalue weighted by molar-refractivity contribution is 0.351. The molecule has 0 aliphatic carbocycles. The lowest BCUT2D eigenvalue weighted by Gasteiger charge is -2.10. The van der Waals surface area contributed by atoms with Crippen LogP contribution in [-0.4, -0.2) is 17.3 Å². The van der Waals surface area contributed by atoms with Gasteiger partial charge in [-0.15, -0.1) is 0 Å². The molecule has 2 aromatic rings. The van der Waals surface area contributed by atoms with Gasteiger partial charge in [0.1, 0.15) is 0 Å². The minimum Gasteiger partial charge on any atom is -0.504 e. The molecule has 0 amide bonds. The molecule has 0 bridgehead atoms. The third-order valence-corrected chi connectivity index (χ3v) is 3.19. The van der Waals surface area contributed by atoms with Crippen molar-refractivity contribution in [2.24, 2.45) is 0 Å². The van der Waals surface area contributed by atoms with E-state index in [1.165, 1.54) is 18.7 Å². The molecule has 2 rings (SSSR count). The first kappa shape index (κ1) is 13.3. The minimum atomic E-state index is -0.231. The summed E-state index contributed by atoms with van der Waals surface area (Å²) in [6, 6.07) is 11.4. The van der Waals surface area contributed by atoms with Gasteiger partial charge in [0.25, 0.3) is 0 Å². The number of hydrogen-bond donors (Lipinski definition) is 2. The van der Waals surface area contributed by atoms with Crippen molar-refractivity contribution in [1.82, 2.24) is 0 Å². The summed E-state index contributed by atoms with van der Waals surface area (Å²) < 4.78 is 5.04. The van der Waals surface area contributed by atoms with E-state index in [2.05, 4.69) is 26.0 Å². The largest absolute Gasteiger partial charge is 0.504 e. The number of phenolic OH excluding ortho intramolecular Hbond substituents is 2. The van der Waals surface area contributed by atoms with Gasteiger partial charge in [-0.2, -0.15) is 0 Å². The number of aromatic hydroxyl groups is 2. The van der Waals surface area contributed by atoms with Gasteiger partial charge >= 0.3 is 0 Å². The van der Waals surface area contributed by atoms with Crippen molar-refractivity contribution in [3.8, 4) is 28.4 Å². The maximum absolute atomic E-state index is 9.69. The molecule has 0 saturated heterocycles. The molecule has 0 spiro atoms. The Kier molecular flexibility index (Phi) is 3.65. The SMILES string of the molecule is COc1cc(-c2ccc(C(C)C)cc2)cc(O)c1O. The molecule has 19 heavy (non-hydrogen) atoms. The molecule has 0 saturated carbocycles. The standard InChI is InChI=1S/C16H18O3/c1-10(2)11-4-6-12(7-5-11)13-8-14(17)16(18)15(9-13)19-3/h4-10,17-18H,1-3H3. The number of rotatable bonds is 3. The van der Waals surface area contributed by atoms with E-state index in [4.69, 9.17) is 4.74 Å². The second-order valence-corrected chi connectivity index (χ2v) is 4.82. The number of benzene rings is 2. The lowest BCUT2D eigenvalue weighted by atomic mass is 9.98. The first-order valence-corrected chi connectivity index (χ1v) is 6.23. The molecule has 0 radical (unpaired) electrons. The van der Waals surface area contributed by atoms with E-state index in [1.54, 1.807) is 6.07 Å². The summed E-state index contributed by atoms with van der Waals surface area (Å²) >= 11 is 0. The van der Waals surface area contributed by atoms with Crippen LogP contribution in [0.15, 0.2) is 36.4 Å². The third kappa shape index (κ3) is 2.65. The van der Waals surface area contributed by atoms with Crippen LogP contribution in [0.3, 0.4) is 0 Å². The molecular formula is C16H18O3. The van der Waals surface area contributed by atoms with Gasteiger partial charge in [0.15, 0.2) is 11.5 Å². The molecule has 0 unspecified atom stereocenters. The maximum Gasteiger partial charge on any atom is 0.200 e. The van der Waals surface area contributed by atoms with Crippen LogP contribution >= 0.6 is 0 Å². The second-order valence-electron chi connectivity index (χ2n) is 4.82. The van der Waals surface area contributed by atoms with Gasteiger partial charge in [0.2, 0.25) is 5.75 Å². The van der Waals surface area contributed by atoms with E-state index in [0.29, 0.717) is 5.92 Å². The smallest absolute Gasteiger partial charge is 0.200 e. The van der Waals surface area contributed by atoms with Crippen LogP contribution in [0.1, 0.15) is 25.3 Å². The Labute approximate surface area is 113 Å². The maximum atomic E-state index is 9.69. The number of hydrogen-bond acceptors (Lipinski definition) is 3. The highest BCUT2D eigenvalue weighted by Crippen LogP contribution is 2.39. The molecule has 2 aromatic carbocycles. The number of phenols is 2. The molecule has 0 aliphatic heterocycles. The monoisotopic (exact) mass is 258 g/mol. The van der Waals surface area contributed by atoms with Crippen LogP contribution < -0.4 is 4.74 Å². The fraction of sp³-hybridized carbons (Fsp3) is 0.250. The van der Waals surface area contributed by atoms with Crippen molar-refractivity contribution in [2.75, 3.05) is 7.11 Å². The highest BCUT2D eigenvalue weighted by atomic mass is 16.5.